The van der Waals surface area contributed by atoms with Gasteiger partial charge in [0.25, 0.3) is 5.56 Å². The number of nitrogens with one attached hydrogen (secondary N) is 1. The summed E-state index contributed by atoms with van der Waals surface area (Å²) >= 11 is 0. The van der Waals surface area contributed by atoms with Gasteiger partial charge in [0.05, 0.1) is 16.8 Å². The van der Waals surface area contributed by atoms with Crippen molar-refractivity contribution in [1.29, 1.82) is 0 Å². The van der Waals surface area contributed by atoms with Gasteiger partial charge in [-0.05, 0) is 6.07 Å². The zero-order chi connectivity index (χ0) is 15.6. The third kappa shape index (κ3) is 2.78. The topological polar surface area (TPSA) is 161 Å². The molecule has 108 valence electrons. The first-order chi connectivity index (χ1) is 9.90. The Balaban J connectivity index is 2.53. The number of nitro groups is 1. The summed E-state index contributed by atoms with van der Waals surface area (Å²) in [6, 6.07) is 2.98. The van der Waals surface area contributed by atoms with Crippen LogP contribution in [0.2, 0.25) is 0 Å². The molecule has 0 spiro atoms. The third-order valence-corrected chi connectivity index (χ3v) is 2.46. The molecule has 0 fully saturated rings. The smallest absolute Gasteiger partial charge is 0.335 e. The van der Waals surface area contributed by atoms with E-state index in [2.05, 4.69) is 9.97 Å². The number of benzene rings is 1. The molecule has 4 N–H and O–H groups in total. The molecule has 2 aromatic rings. The average molecular weight is 292 g/mol. The predicted octanol–water partition coefficient (Wildman–Crippen LogP) is 0.751. The van der Waals surface area contributed by atoms with Crippen molar-refractivity contribution in [3.05, 3.63) is 50.6 Å². The van der Waals surface area contributed by atoms with Crippen molar-refractivity contribution in [3.63, 3.8) is 0 Å². The maximum absolute atomic E-state index is 11.3. The minimum atomic E-state index is -1.29. The normalized spacial score (nSPS) is 10.1. The highest BCUT2D eigenvalue weighted by molar-refractivity contribution is 5.88. The van der Waals surface area contributed by atoms with E-state index in [1.807, 2.05) is 0 Å². The number of nitro benzene ring substituents is 1. The lowest BCUT2D eigenvalue weighted by Gasteiger charge is -2.07. The summed E-state index contributed by atoms with van der Waals surface area (Å²) in [6.07, 6.45) is 1.00. The Kier molecular flexibility index (Phi) is 3.52. The molecule has 0 aliphatic rings. The van der Waals surface area contributed by atoms with E-state index in [4.69, 9.17) is 15.6 Å². The highest BCUT2D eigenvalue weighted by Crippen LogP contribution is 2.32. The van der Waals surface area contributed by atoms with Crippen LogP contribution in [-0.4, -0.2) is 26.0 Å². The maximum Gasteiger partial charge on any atom is 0.335 e. The van der Waals surface area contributed by atoms with Gasteiger partial charge in [0, 0.05) is 12.1 Å². The summed E-state index contributed by atoms with van der Waals surface area (Å²) in [6.45, 7) is 0. The molecule has 0 amide bonds. The van der Waals surface area contributed by atoms with E-state index >= 15 is 0 Å². The van der Waals surface area contributed by atoms with Crippen LogP contribution in [-0.2, 0) is 0 Å². The number of anilines is 1. The van der Waals surface area contributed by atoms with Crippen LogP contribution in [0.4, 0.5) is 11.4 Å². The molecule has 0 radical (unpaired) electrons. The molecule has 0 bridgehead atoms. The van der Waals surface area contributed by atoms with Gasteiger partial charge in [-0.2, -0.15) is 0 Å². The van der Waals surface area contributed by atoms with Crippen molar-refractivity contribution in [1.82, 2.24) is 9.97 Å². The number of ether oxygens (including phenoxy) is 1. The summed E-state index contributed by atoms with van der Waals surface area (Å²) in [5.41, 5.74) is 3.66. The number of nitrogens with zero attached hydrogens (tertiary/aromatic N) is 2. The Hall–Kier alpha value is -3.43. The first-order valence-corrected chi connectivity index (χ1v) is 5.43. The third-order valence-electron chi connectivity index (χ3n) is 2.46. The molecule has 2 rings (SSSR count). The van der Waals surface area contributed by atoms with Gasteiger partial charge in [-0.1, -0.05) is 0 Å². The Morgan fingerprint density at radius 3 is 2.81 bits per heavy atom. The molecule has 10 heteroatoms. The number of rotatable bonds is 4. The van der Waals surface area contributed by atoms with E-state index in [9.17, 15) is 19.7 Å². The van der Waals surface area contributed by atoms with E-state index < -0.39 is 22.1 Å². The quantitative estimate of drug-likeness (QED) is 0.549. The monoisotopic (exact) mass is 292 g/mol. The van der Waals surface area contributed by atoms with Gasteiger partial charge in [0.1, 0.15) is 0 Å². The Labute approximate surface area is 116 Å². The lowest BCUT2D eigenvalue weighted by molar-refractivity contribution is -0.385. The van der Waals surface area contributed by atoms with Crippen LogP contribution in [0.3, 0.4) is 0 Å². The van der Waals surface area contributed by atoms with Gasteiger partial charge < -0.3 is 20.6 Å². The van der Waals surface area contributed by atoms with Crippen LogP contribution in [0, 0.1) is 10.1 Å². The minimum absolute atomic E-state index is 0.223. The maximum atomic E-state index is 11.3. The highest BCUT2D eigenvalue weighted by Gasteiger charge is 2.20. The molecule has 0 aliphatic heterocycles. The number of carboxylic acid groups (broad SMARTS) is 1. The summed E-state index contributed by atoms with van der Waals surface area (Å²) in [4.78, 5) is 38.2. The van der Waals surface area contributed by atoms with Crippen LogP contribution >= 0.6 is 0 Å². The van der Waals surface area contributed by atoms with E-state index in [0.717, 1.165) is 24.5 Å². The molecule has 1 heterocycles. The molecule has 0 unspecified atom stereocenters. The van der Waals surface area contributed by atoms with Gasteiger partial charge in [-0.15, -0.1) is 0 Å². The van der Waals surface area contributed by atoms with Crippen LogP contribution in [0.25, 0.3) is 0 Å². The second-order valence-corrected chi connectivity index (χ2v) is 3.80. The molecular weight excluding hydrogens is 284 g/mol. The summed E-state index contributed by atoms with van der Waals surface area (Å²) in [5, 5.41) is 19.8. The van der Waals surface area contributed by atoms with Crippen molar-refractivity contribution >= 4 is 17.3 Å². The lowest BCUT2D eigenvalue weighted by atomic mass is 10.2. The SMILES string of the molecule is Nc1c(Oc2cc(C(=O)O)ccc2[N+](=O)[O-])nc[nH]c1=O. The Bertz CT molecular complexity index is 785. The van der Waals surface area contributed by atoms with Crippen LogP contribution in [0.1, 0.15) is 10.4 Å². The fourth-order valence-corrected chi connectivity index (χ4v) is 1.46. The van der Waals surface area contributed by atoms with Crippen molar-refractivity contribution in [2.45, 2.75) is 0 Å². The van der Waals surface area contributed by atoms with Gasteiger partial charge in [-0.25, -0.2) is 9.78 Å². The van der Waals surface area contributed by atoms with Crippen molar-refractivity contribution in [2.24, 2.45) is 0 Å². The molecule has 0 saturated heterocycles. The van der Waals surface area contributed by atoms with Crippen LogP contribution in [0.15, 0.2) is 29.3 Å². The number of hydrogen-bond donors (Lipinski definition) is 3. The first kappa shape index (κ1) is 14.0. The Morgan fingerprint density at radius 2 is 2.19 bits per heavy atom. The van der Waals surface area contributed by atoms with Gasteiger partial charge in [0.15, 0.2) is 5.69 Å². The molecule has 21 heavy (non-hydrogen) atoms. The highest BCUT2D eigenvalue weighted by atomic mass is 16.6. The summed E-state index contributed by atoms with van der Waals surface area (Å²) < 4.78 is 5.11. The molecule has 10 nitrogen and oxygen atoms in total. The largest absolute Gasteiger partial charge is 0.478 e. The van der Waals surface area contributed by atoms with E-state index in [1.54, 1.807) is 0 Å². The molecule has 1 aromatic carbocycles. The number of carbonyl (C=O) groups is 1. The molecule has 1 aromatic heterocycles. The average Bonchev–Trinajstić information content (AvgIpc) is 2.43. The molecule has 0 aliphatic carbocycles. The first-order valence-electron chi connectivity index (χ1n) is 5.43. The Morgan fingerprint density at radius 1 is 1.48 bits per heavy atom. The van der Waals surface area contributed by atoms with Crippen molar-refractivity contribution < 1.29 is 19.6 Å². The lowest BCUT2D eigenvalue weighted by Crippen LogP contribution is -2.13. The number of nitrogen functional groups attached to an aromatic ring is 1. The number of hydrogen-bond acceptors (Lipinski definition) is 7. The van der Waals surface area contributed by atoms with Crippen molar-refractivity contribution in [3.8, 4) is 11.6 Å². The van der Waals surface area contributed by atoms with Crippen LogP contribution < -0.4 is 16.0 Å². The standard InChI is InChI=1S/C11H8N4O6/c12-8-9(16)13-4-14-10(8)21-7-3-5(11(17)18)1-2-6(7)15(19)20/h1-4H,12H2,(H,17,18)(H,13,14,16). The zero-order valence-electron chi connectivity index (χ0n) is 10.3. The van der Waals surface area contributed by atoms with Gasteiger partial charge in [0.2, 0.25) is 11.6 Å². The number of H-pyrrole nitrogens is 1. The fraction of sp³-hybridized carbons (Fsp3) is 0. The summed E-state index contributed by atoms with van der Waals surface area (Å²) in [7, 11) is 0. The number of carboxylic acids is 1. The molecule has 0 atom stereocenters. The molecular formula is C11H8N4O6. The second-order valence-electron chi connectivity index (χ2n) is 3.80. The van der Waals surface area contributed by atoms with Gasteiger partial charge >= 0.3 is 11.7 Å². The van der Waals surface area contributed by atoms with E-state index in [-0.39, 0.29) is 22.9 Å². The van der Waals surface area contributed by atoms with Crippen LogP contribution in [0.5, 0.6) is 11.6 Å². The van der Waals surface area contributed by atoms with Crippen molar-refractivity contribution in [2.75, 3.05) is 5.73 Å². The number of aromatic amines is 1. The fourth-order valence-electron chi connectivity index (χ4n) is 1.46. The van der Waals surface area contributed by atoms with E-state index in [1.165, 1.54) is 0 Å². The number of aromatic nitrogens is 2. The molecule has 0 saturated carbocycles. The zero-order valence-corrected chi connectivity index (χ0v) is 10.3. The minimum Gasteiger partial charge on any atom is -0.478 e. The van der Waals surface area contributed by atoms with Gasteiger partial charge in [-0.3, -0.25) is 14.9 Å². The number of nitrogens with two attached hydrogens (primary N) is 1. The predicted molar refractivity (Wildman–Crippen MR) is 69.4 cm³/mol. The summed E-state index contributed by atoms with van der Waals surface area (Å²) in [5.74, 6) is -2.03. The van der Waals surface area contributed by atoms with E-state index in [0.29, 0.717) is 0 Å². The second kappa shape index (κ2) is 5.28. The number of aromatic carboxylic acids is 1.